The number of ether oxygens (including phenoxy) is 1. The van der Waals surface area contributed by atoms with Crippen molar-refractivity contribution in [2.45, 2.75) is 20.1 Å². The second kappa shape index (κ2) is 24.8. The molecule has 6 aromatic heterocycles. The minimum Gasteiger partial charge on any atom is -0.227 e. The molecule has 0 unspecified atom stereocenters. The number of aromatic nitrogens is 9. The molecule has 6 heterocycles. The van der Waals surface area contributed by atoms with E-state index >= 15 is 0 Å². The first-order valence-corrected chi connectivity index (χ1v) is 21.6. The summed E-state index contributed by atoms with van der Waals surface area (Å²) in [7, 11) is -9.26. The van der Waals surface area contributed by atoms with Crippen molar-refractivity contribution < 1.29 is 74.6 Å². The first kappa shape index (κ1) is 60.2. The maximum atomic E-state index is 9.87. The largest absolute Gasteiger partial charge is 2.00 e. The molecule has 0 atom stereocenters. The van der Waals surface area contributed by atoms with Crippen LogP contribution < -0.4 is 14.7 Å². The second-order valence-electron chi connectivity index (χ2n) is 12.3. The third-order valence-electron chi connectivity index (χ3n) is 6.23. The van der Waals surface area contributed by atoms with Crippen molar-refractivity contribution in [3.05, 3.63) is 129 Å². The average molecular weight is 1050 g/mol. The van der Waals surface area contributed by atoms with Crippen LogP contribution in [0, 0.1) is 0 Å². The van der Waals surface area contributed by atoms with Crippen LogP contribution in [0.15, 0.2) is 129 Å². The summed E-state index contributed by atoms with van der Waals surface area (Å²) in [5.41, 5.74) is 3.56. The van der Waals surface area contributed by atoms with Gasteiger partial charge in [-0.2, -0.15) is 15.3 Å². The van der Waals surface area contributed by atoms with Gasteiger partial charge in [-0.15, -0.1) is 0 Å². The number of nitrogens with zero attached hydrogens (tertiary/aromatic N) is 12. The van der Waals surface area contributed by atoms with Gasteiger partial charge >= 0.3 is 85.5 Å². The first-order chi connectivity index (χ1) is 28.2. The van der Waals surface area contributed by atoms with Crippen molar-refractivity contribution in [1.82, 2.24) is 44.3 Å². The molecule has 358 valence electrons. The number of halogens is 12. The van der Waals surface area contributed by atoms with Gasteiger partial charge in [0.05, 0.1) is 0 Å². The van der Waals surface area contributed by atoms with Crippen molar-refractivity contribution in [2.24, 2.45) is 0 Å². The summed E-state index contributed by atoms with van der Waals surface area (Å²) >= 11 is 0. The van der Waals surface area contributed by atoms with E-state index in [1.54, 1.807) is 69.8 Å². The van der Waals surface area contributed by atoms with Crippen LogP contribution in [0.3, 0.4) is 0 Å². The molecular formula is C35H50F12N12OP2Ru. The van der Waals surface area contributed by atoms with Crippen molar-refractivity contribution in [3.63, 3.8) is 0 Å². The van der Waals surface area contributed by atoms with Gasteiger partial charge in [0, 0.05) is 147 Å². The SMILES string of the molecule is CCOCC.CN(C)c1ccncc1.CN(C)c1ccncc1.CN(C)c1ccncc1.F[P-](F)(F)(F)(F)F.F[P-](F)(F)(F)(F)F.[Ru+2].c1cnn(C(n2cccn2)n2cccn2)c1. The molecule has 0 saturated heterocycles. The fraction of sp³-hybridized carbons (Fsp3) is 0.314. The Morgan fingerprint density at radius 1 is 0.444 bits per heavy atom. The average Bonchev–Trinajstić information content (AvgIpc) is 3.98. The molecule has 0 bridgehead atoms. The van der Waals surface area contributed by atoms with Gasteiger partial charge in [0.15, 0.2) is 0 Å². The zero-order chi connectivity index (χ0) is 47.8. The maximum absolute atomic E-state index is 10.7. The molecule has 6 rings (SSSR count). The topological polar surface area (TPSA) is 111 Å². The Bertz CT molecular complexity index is 1770. The summed E-state index contributed by atoms with van der Waals surface area (Å²) in [4.78, 5) is 17.8. The molecule has 0 fully saturated rings. The van der Waals surface area contributed by atoms with Crippen LogP contribution >= 0.6 is 15.6 Å². The van der Waals surface area contributed by atoms with Crippen molar-refractivity contribution in [2.75, 3.05) is 70.2 Å². The predicted octanol–water partition coefficient (Wildman–Crippen LogP) is 12.1. The Balaban J connectivity index is 0. The summed E-state index contributed by atoms with van der Waals surface area (Å²) in [5.74, 6) is 0. The number of hydrogen-bond acceptors (Lipinski definition) is 10. The van der Waals surface area contributed by atoms with Crippen LogP contribution in [-0.2, 0) is 24.2 Å². The van der Waals surface area contributed by atoms with Gasteiger partial charge < -0.3 is 19.4 Å². The molecule has 63 heavy (non-hydrogen) atoms. The minimum absolute atomic E-state index is 0. The summed E-state index contributed by atoms with van der Waals surface area (Å²) < 4.78 is 129. The van der Waals surface area contributed by atoms with Gasteiger partial charge in [-0.05, 0) is 68.4 Å². The molecule has 0 saturated carbocycles. The quantitative estimate of drug-likeness (QED) is 0.0830. The summed E-state index contributed by atoms with van der Waals surface area (Å²) in [5, 5.41) is 12.7. The molecule has 0 N–H and O–H groups in total. The van der Waals surface area contributed by atoms with Gasteiger partial charge in [-0.1, -0.05) is 0 Å². The summed E-state index contributed by atoms with van der Waals surface area (Å²) in [6.45, 7) is 5.67. The van der Waals surface area contributed by atoms with Crippen LogP contribution in [0.1, 0.15) is 20.1 Å². The van der Waals surface area contributed by atoms with E-state index in [0.717, 1.165) is 13.2 Å². The summed E-state index contributed by atoms with van der Waals surface area (Å²) in [6, 6.07) is 17.5. The number of anilines is 3. The monoisotopic (exact) mass is 1050 g/mol. The third kappa shape index (κ3) is 39.7. The van der Waals surface area contributed by atoms with Crippen molar-refractivity contribution >= 4 is 32.7 Å². The van der Waals surface area contributed by atoms with Crippen LogP contribution in [0.2, 0.25) is 0 Å². The normalized spacial score (nSPS) is 12.5. The van der Waals surface area contributed by atoms with E-state index in [2.05, 4.69) is 30.2 Å². The molecule has 0 radical (unpaired) electrons. The molecule has 0 aromatic carbocycles. The molecule has 6 aromatic rings. The number of pyridine rings is 3. The molecule has 0 spiro atoms. The molecule has 28 heteroatoms. The second-order valence-corrected chi connectivity index (χ2v) is 16.1. The fourth-order valence-corrected chi connectivity index (χ4v) is 3.75. The van der Waals surface area contributed by atoms with Crippen LogP contribution in [0.4, 0.5) is 67.4 Å². The molecule has 0 amide bonds. The Labute approximate surface area is 369 Å². The predicted molar refractivity (Wildman–Crippen MR) is 222 cm³/mol. The van der Waals surface area contributed by atoms with E-state index in [0.29, 0.717) is 0 Å². The maximum Gasteiger partial charge on any atom is 2.00 e. The van der Waals surface area contributed by atoms with Gasteiger partial charge in [-0.3, -0.25) is 15.0 Å². The molecular weight excluding hydrogens is 995 g/mol. The fourth-order valence-electron chi connectivity index (χ4n) is 3.75. The van der Waals surface area contributed by atoms with Crippen LogP contribution in [0.25, 0.3) is 0 Å². The summed E-state index contributed by atoms with van der Waals surface area (Å²) in [6.07, 6.45) is 21.4. The third-order valence-corrected chi connectivity index (χ3v) is 6.23. The van der Waals surface area contributed by atoms with E-state index < -0.39 is 15.6 Å². The van der Waals surface area contributed by atoms with Crippen LogP contribution in [0.5, 0.6) is 0 Å². The van der Waals surface area contributed by atoms with Crippen molar-refractivity contribution in [3.8, 4) is 0 Å². The van der Waals surface area contributed by atoms with Gasteiger partial charge in [0.1, 0.15) is 0 Å². The molecule has 0 aliphatic heterocycles. The zero-order valence-corrected chi connectivity index (χ0v) is 38.7. The standard InChI is InChI=1S/C10H10N6.3C7H10N2.C4H10O.2F6P.Ru/c1-4-11-14(7-1)10(15-8-2-5-12-15)16-9-3-6-13-16;3*1-9(2)7-3-5-8-6-4-7;1-3-5-4-2;2*1-7(2,3,4,5)6;/h1-10H;3*3-6H,1-2H3;3-4H2,1-2H3;;;/q;;;;;2*-1;+2. The van der Waals surface area contributed by atoms with Crippen LogP contribution in [-0.4, -0.2) is 99.8 Å². The molecule has 13 nitrogen and oxygen atoms in total. The van der Waals surface area contributed by atoms with Crippen molar-refractivity contribution in [1.29, 1.82) is 0 Å². The Morgan fingerprint density at radius 2 is 0.651 bits per heavy atom. The molecule has 0 aliphatic carbocycles. The van der Waals surface area contributed by atoms with E-state index in [-0.39, 0.29) is 25.8 Å². The first-order valence-electron chi connectivity index (χ1n) is 17.6. The number of hydrogen-bond donors (Lipinski definition) is 0. The Hall–Kier alpha value is -4.92. The van der Waals surface area contributed by atoms with E-state index in [9.17, 15) is 50.4 Å². The Kier molecular flexibility index (Phi) is 23.7. The molecule has 0 aliphatic rings. The minimum atomic E-state index is -10.7. The van der Waals surface area contributed by atoms with E-state index in [1.807, 2.05) is 144 Å². The Morgan fingerprint density at radius 3 is 0.762 bits per heavy atom. The van der Waals surface area contributed by atoms with Gasteiger partial charge in [0.25, 0.3) is 0 Å². The zero-order valence-electron chi connectivity index (χ0n) is 35.2. The number of rotatable bonds is 8. The van der Waals surface area contributed by atoms with E-state index in [4.69, 9.17) is 4.74 Å². The van der Waals surface area contributed by atoms with E-state index in [1.165, 1.54) is 17.1 Å². The van der Waals surface area contributed by atoms with Gasteiger partial charge in [-0.25, -0.2) is 14.0 Å². The van der Waals surface area contributed by atoms with Gasteiger partial charge in [0.2, 0.25) is 6.29 Å². The smallest absolute Gasteiger partial charge is 0.227 e.